The van der Waals surface area contributed by atoms with Gasteiger partial charge < -0.3 is 10.6 Å². The number of benzene rings is 2. The second-order valence-corrected chi connectivity index (χ2v) is 7.14. The van der Waals surface area contributed by atoms with Crippen LogP contribution < -0.4 is 10.6 Å². The SMILES string of the molecule is Cc1nn(Cc2cccc(F)c2)c(C)c1NC(=S)Nc1cccc(Cl)c1C. The second-order valence-electron chi connectivity index (χ2n) is 6.32. The van der Waals surface area contributed by atoms with Crippen molar-refractivity contribution in [2.75, 3.05) is 10.6 Å². The van der Waals surface area contributed by atoms with E-state index < -0.39 is 0 Å². The molecular weight excluding hydrogens is 383 g/mol. The van der Waals surface area contributed by atoms with Gasteiger partial charge in [0.2, 0.25) is 0 Å². The molecule has 0 aliphatic rings. The number of rotatable bonds is 4. The van der Waals surface area contributed by atoms with Crippen molar-refractivity contribution in [3.63, 3.8) is 0 Å². The molecule has 0 radical (unpaired) electrons. The van der Waals surface area contributed by atoms with E-state index in [2.05, 4.69) is 15.7 Å². The number of thiocarbonyl (C=S) groups is 1. The van der Waals surface area contributed by atoms with Crippen molar-refractivity contribution in [1.29, 1.82) is 0 Å². The predicted molar refractivity (Wildman–Crippen MR) is 113 cm³/mol. The molecule has 1 heterocycles. The Morgan fingerprint density at radius 1 is 1.15 bits per heavy atom. The molecular formula is C20H20ClFN4S. The van der Waals surface area contributed by atoms with Gasteiger partial charge in [-0.1, -0.05) is 29.8 Å². The van der Waals surface area contributed by atoms with Crippen LogP contribution in [0.1, 0.15) is 22.5 Å². The number of hydrogen-bond donors (Lipinski definition) is 2. The number of aryl methyl sites for hydroxylation is 1. The van der Waals surface area contributed by atoms with Gasteiger partial charge in [-0.3, -0.25) is 4.68 Å². The fourth-order valence-corrected chi connectivity index (χ4v) is 3.24. The first-order valence-corrected chi connectivity index (χ1v) is 9.25. The lowest BCUT2D eigenvalue weighted by Crippen LogP contribution is -2.20. The van der Waals surface area contributed by atoms with E-state index in [0.29, 0.717) is 16.7 Å². The molecule has 0 aliphatic carbocycles. The molecule has 3 aromatic rings. The molecule has 27 heavy (non-hydrogen) atoms. The highest BCUT2D eigenvalue weighted by Gasteiger charge is 2.14. The molecule has 0 saturated carbocycles. The fourth-order valence-electron chi connectivity index (χ4n) is 2.85. The summed E-state index contributed by atoms with van der Waals surface area (Å²) in [5.41, 5.74) is 5.20. The maximum atomic E-state index is 13.4. The predicted octanol–water partition coefficient (Wildman–Crippen LogP) is 5.46. The Bertz CT molecular complexity index is 1000. The van der Waals surface area contributed by atoms with Crippen molar-refractivity contribution in [2.24, 2.45) is 0 Å². The number of nitrogens with zero attached hydrogens (tertiary/aromatic N) is 2. The van der Waals surface area contributed by atoms with Gasteiger partial charge in [0.05, 0.1) is 23.6 Å². The first-order valence-electron chi connectivity index (χ1n) is 8.46. The van der Waals surface area contributed by atoms with E-state index >= 15 is 0 Å². The summed E-state index contributed by atoms with van der Waals surface area (Å²) in [6, 6.07) is 12.1. The van der Waals surface area contributed by atoms with Crippen molar-refractivity contribution < 1.29 is 4.39 Å². The molecule has 0 atom stereocenters. The zero-order valence-electron chi connectivity index (χ0n) is 15.3. The number of nitrogens with one attached hydrogen (secondary N) is 2. The van der Waals surface area contributed by atoms with E-state index in [1.807, 2.05) is 49.7 Å². The molecule has 4 nitrogen and oxygen atoms in total. The number of hydrogen-bond acceptors (Lipinski definition) is 2. The average molecular weight is 403 g/mol. The van der Waals surface area contributed by atoms with Crippen LogP contribution in [0.25, 0.3) is 0 Å². The minimum absolute atomic E-state index is 0.255. The van der Waals surface area contributed by atoms with Gasteiger partial charge in [0, 0.05) is 10.7 Å². The summed E-state index contributed by atoms with van der Waals surface area (Å²) in [4.78, 5) is 0. The molecule has 3 rings (SSSR count). The van der Waals surface area contributed by atoms with Crippen molar-refractivity contribution >= 4 is 40.3 Å². The van der Waals surface area contributed by atoms with E-state index in [4.69, 9.17) is 23.8 Å². The third-order valence-corrected chi connectivity index (χ3v) is 4.97. The number of halogens is 2. The van der Waals surface area contributed by atoms with Crippen molar-refractivity contribution in [2.45, 2.75) is 27.3 Å². The van der Waals surface area contributed by atoms with Crippen LogP contribution in [0.4, 0.5) is 15.8 Å². The van der Waals surface area contributed by atoms with Crippen LogP contribution in [0.3, 0.4) is 0 Å². The third kappa shape index (κ3) is 4.46. The van der Waals surface area contributed by atoms with Crippen LogP contribution in [-0.2, 0) is 6.54 Å². The smallest absolute Gasteiger partial charge is 0.175 e. The lowest BCUT2D eigenvalue weighted by molar-refractivity contribution is 0.616. The van der Waals surface area contributed by atoms with Gasteiger partial charge in [-0.15, -0.1) is 0 Å². The van der Waals surface area contributed by atoms with Crippen molar-refractivity contribution in [3.8, 4) is 0 Å². The monoisotopic (exact) mass is 402 g/mol. The minimum Gasteiger partial charge on any atom is -0.332 e. The molecule has 0 spiro atoms. The summed E-state index contributed by atoms with van der Waals surface area (Å²) in [5.74, 6) is -0.255. The Kier molecular flexibility index (Phi) is 5.77. The van der Waals surface area contributed by atoms with E-state index in [1.165, 1.54) is 12.1 Å². The minimum atomic E-state index is -0.255. The summed E-state index contributed by atoms with van der Waals surface area (Å²) in [6.45, 7) is 6.28. The Labute approximate surface area is 168 Å². The van der Waals surface area contributed by atoms with Gasteiger partial charge >= 0.3 is 0 Å². The Morgan fingerprint density at radius 3 is 2.63 bits per heavy atom. The summed E-state index contributed by atoms with van der Waals surface area (Å²) < 4.78 is 15.3. The van der Waals surface area contributed by atoms with Crippen LogP contribution in [0.5, 0.6) is 0 Å². The van der Waals surface area contributed by atoms with E-state index in [-0.39, 0.29) is 5.82 Å². The first-order chi connectivity index (χ1) is 12.8. The maximum absolute atomic E-state index is 13.4. The van der Waals surface area contributed by atoms with Gasteiger partial charge in [0.1, 0.15) is 5.82 Å². The fraction of sp³-hybridized carbons (Fsp3) is 0.200. The normalized spacial score (nSPS) is 10.7. The summed E-state index contributed by atoms with van der Waals surface area (Å²) >= 11 is 11.6. The zero-order valence-corrected chi connectivity index (χ0v) is 16.9. The Hall–Kier alpha value is -2.44. The standard InChI is InChI=1S/C20H20ClFN4S/c1-12-17(21)8-5-9-18(12)23-20(27)24-19-13(2)25-26(14(19)3)11-15-6-4-7-16(22)10-15/h4-10H,11H2,1-3H3,(H2,23,24,27). The number of anilines is 2. The summed E-state index contributed by atoms with van der Waals surface area (Å²) in [5, 5.41) is 12.1. The van der Waals surface area contributed by atoms with Gasteiger partial charge in [-0.25, -0.2) is 4.39 Å². The van der Waals surface area contributed by atoms with Crippen LogP contribution in [-0.4, -0.2) is 14.9 Å². The number of aromatic nitrogens is 2. The third-order valence-electron chi connectivity index (χ3n) is 4.36. The van der Waals surface area contributed by atoms with Crippen LogP contribution >= 0.6 is 23.8 Å². The topological polar surface area (TPSA) is 41.9 Å². The molecule has 140 valence electrons. The molecule has 0 fully saturated rings. The lowest BCUT2D eigenvalue weighted by atomic mass is 10.2. The molecule has 0 unspecified atom stereocenters. The Balaban J connectivity index is 1.76. The van der Waals surface area contributed by atoms with Crippen LogP contribution in [0.2, 0.25) is 5.02 Å². The van der Waals surface area contributed by atoms with Crippen molar-refractivity contribution in [3.05, 3.63) is 75.8 Å². The molecule has 0 aliphatic heterocycles. The highest BCUT2D eigenvalue weighted by molar-refractivity contribution is 7.80. The zero-order chi connectivity index (χ0) is 19.6. The molecule has 0 bridgehead atoms. The van der Waals surface area contributed by atoms with Crippen molar-refractivity contribution in [1.82, 2.24) is 9.78 Å². The van der Waals surface area contributed by atoms with E-state index in [1.54, 1.807) is 6.07 Å². The van der Waals surface area contributed by atoms with Gasteiger partial charge in [-0.2, -0.15) is 5.10 Å². The molecule has 2 aromatic carbocycles. The molecule has 0 saturated heterocycles. The van der Waals surface area contributed by atoms with Crippen LogP contribution in [0, 0.1) is 26.6 Å². The highest BCUT2D eigenvalue weighted by Crippen LogP contribution is 2.24. The molecule has 2 N–H and O–H groups in total. The highest BCUT2D eigenvalue weighted by atomic mass is 35.5. The van der Waals surface area contributed by atoms with Crippen LogP contribution in [0.15, 0.2) is 42.5 Å². The molecule has 1 aromatic heterocycles. The van der Waals surface area contributed by atoms with E-state index in [0.717, 1.165) is 33.9 Å². The van der Waals surface area contributed by atoms with E-state index in [9.17, 15) is 4.39 Å². The Morgan fingerprint density at radius 2 is 1.89 bits per heavy atom. The van der Waals surface area contributed by atoms with Gasteiger partial charge in [0.15, 0.2) is 5.11 Å². The first kappa shape index (κ1) is 19.3. The molecule has 7 heteroatoms. The second kappa shape index (κ2) is 8.06. The summed E-state index contributed by atoms with van der Waals surface area (Å²) in [6.07, 6.45) is 0. The van der Waals surface area contributed by atoms with Gasteiger partial charge in [0.25, 0.3) is 0 Å². The lowest BCUT2D eigenvalue weighted by Gasteiger charge is -2.13. The summed E-state index contributed by atoms with van der Waals surface area (Å²) in [7, 11) is 0. The average Bonchev–Trinajstić information content (AvgIpc) is 2.86. The maximum Gasteiger partial charge on any atom is 0.175 e. The van der Waals surface area contributed by atoms with Gasteiger partial charge in [-0.05, 0) is 68.4 Å². The largest absolute Gasteiger partial charge is 0.332 e. The molecule has 0 amide bonds. The quantitative estimate of drug-likeness (QED) is 0.569.